The van der Waals surface area contributed by atoms with Crippen molar-refractivity contribution in [2.24, 2.45) is 0 Å². The number of anilines is 3. The number of benzene rings is 9. The average Bonchev–Trinajstić information content (AvgIpc) is 3.64. The van der Waals surface area contributed by atoms with E-state index in [-0.39, 0.29) is 0 Å². The third-order valence-corrected chi connectivity index (χ3v) is 11.7. The summed E-state index contributed by atoms with van der Waals surface area (Å²) in [5, 5.41) is 5.06. The Morgan fingerprint density at radius 3 is 1.67 bits per heavy atom. The van der Waals surface area contributed by atoms with Gasteiger partial charge < -0.3 is 4.90 Å². The van der Waals surface area contributed by atoms with Crippen molar-refractivity contribution < 1.29 is 0 Å². The summed E-state index contributed by atoms with van der Waals surface area (Å²) < 4.78 is 2.56. The van der Waals surface area contributed by atoms with Crippen molar-refractivity contribution in [3.8, 4) is 44.5 Å². The number of thiophene rings is 1. The average molecular weight is 706 g/mol. The highest BCUT2D eigenvalue weighted by Crippen LogP contribution is 2.49. The van der Waals surface area contributed by atoms with Crippen molar-refractivity contribution in [3.05, 3.63) is 212 Å². The fourth-order valence-electron chi connectivity index (χ4n) is 8.04. The van der Waals surface area contributed by atoms with Crippen molar-refractivity contribution in [2.45, 2.75) is 0 Å². The molecule has 10 rings (SSSR count). The van der Waals surface area contributed by atoms with E-state index in [4.69, 9.17) is 0 Å². The highest BCUT2D eigenvalue weighted by Gasteiger charge is 2.23. The van der Waals surface area contributed by atoms with Crippen LogP contribution in [-0.2, 0) is 0 Å². The molecule has 54 heavy (non-hydrogen) atoms. The lowest BCUT2D eigenvalue weighted by Crippen LogP contribution is -2.11. The lowest BCUT2D eigenvalue weighted by molar-refractivity contribution is 1.30. The predicted molar refractivity (Wildman–Crippen MR) is 233 cm³/mol. The first-order chi connectivity index (χ1) is 26.8. The second kappa shape index (κ2) is 13.7. The Hall–Kier alpha value is -6.74. The van der Waals surface area contributed by atoms with E-state index in [0.717, 1.165) is 11.4 Å². The van der Waals surface area contributed by atoms with E-state index in [2.05, 4.69) is 217 Å². The smallest absolute Gasteiger partial charge is 0.0640 e. The van der Waals surface area contributed by atoms with Gasteiger partial charge in [-0.2, -0.15) is 0 Å². The van der Waals surface area contributed by atoms with Crippen LogP contribution in [0.2, 0.25) is 0 Å². The summed E-state index contributed by atoms with van der Waals surface area (Å²) in [4.78, 5) is 2.49. The Morgan fingerprint density at radius 2 is 0.833 bits per heavy atom. The molecule has 0 atom stereocenters. The van der Waals surface area contributed by atoms with Gasteiger partial charge in [-0.05, 0) is 80.0 Å². The molecule has 10 aromatic rings. The minimum absolute atomic E-state index is 1.11. The topological polar surface area (TPSA) is 3.24 Å². The summed E-state index contributed by atoms with van der Waals surface area (Å²) in [6.45, 7) is 0. The number of nitrogens with zero attached hydrogens (tertiary/aromatic N) is 1. The number of fused-ring (bicyclic) bond motifs is 4. The van der Waals surface area contributed by atoms with Crippen molar-refractivity contribution in [1.82, 2.24) is 0 Å². The molecule has 0 radical (unpaired) electrons. The van der Waals surface area contributed by atoms with Crippen molar-refractivity contribution in [3.63, 3.8) is 0 Å². The maximum atomic E-state index is 2.49. The quantitative estimate of drug-likeness (QED) is 0.160. The first kappa shape index (κ1) is 32.0. The van der Waals surface area contributed by atoms with Crippen LogP contribution in [0.3, 0.4) is 0 Å². The van der Waals surface area contributed by atoms with Crippen LogP contribution in [0.4, 0.5) is 17.1 Å². The number of hydrogen-bond donors (Lipinski definition) is 0. The van der Waals surface area contributed by atoms with E-state index >= 15 is 0 Å². The minimum atomic E-state index is 1.11. The summed E-state index contributed by atoms with van der Waals surface area (Å²) in [5.74, 6) is 0. The molecule has 1 heterocycles. The first-order valence-corrected chi connectivity index (χ1v) is 19.3. The summed E-state index contributed by atoms with van der Waals surface area (Å²) in [5.41, 5.74) is 13.0. The number of para-hydroxylation sites is 1. The van der Waals surface area contributed by atoms with Crippen LogP contribution in [0, 0.1) is 0 Å². The van der Waals surface area contributed by atoms with Crippen LogP contribution in [0.25, 0.3) is 75.5 Å². The molecular weight excluding hydrogens is 671 g/mol. The molecule has 1 nitrogen and oxygen atoms in total. The van der Waals surface area contributed by atoms with Gasteiger partial charge >= 0.3 is 0 Å². The Labute approximate surface area is 319 Å². The lowest BCUT2D eigenvalue weighted by Gasteiger charge is -2.29. The zero-order chi connectivity index (χ0) is 35.8. The monoisotopic (exact) mass is 705 g/mol. The van der Waals surface area contributed by atoms with Gasteiger partial charge in [0.2, 0.25) is 0 Å². The van der Waals surface area contributed by atoms with Gasteiger partial charge in [-0.15, -0.1) is 11.3 Å². The Balaban J connectivity index is 1.23. The highest BCUT2D eigenvalue weighted by molar-refractivity contribution is 7.26. The van der Waals surface area contributed by atoms with E-state index in [9.17, 15) is 0 Å². The molecule has 0 fully saturated rings. The fraction of sp³-hybridized carbons (Fsp3) is 0. The molecule has 0 N–H and O–H groups in total. The van der Waals surface area contributed by atoms with E-state index in [0.29, 0.717) is 0 Å². The summed E-state index contributed by atoms with van der Waals surface area (Å²) in [7, 11) is 0. The minimum Gasteiger partial charge on any atom is -0.308 e. The van der Waals surface area contributed by atoms with E-state index in [1.807, 2.05) is 11.3 Å². The van der Waals surface area contributed by atoms with Crippen LogP contribution in [-0.4, -0.2) is 0 Å². The maximum Gasteiger partial charge on any atom is 0.0640 e. The van der Waals surface area contributed by atoms with Gasteiger partial charge in [-0.3, -0.25) is 0 Å². The standard InChI is InChI=1S/C52H35NS/c1-2-17-36(18-3-1)41-24-6-7-25-43(41)44-26-8-9-27-45(44)46-28-10-12-32-49(46)53(50-33-16-31-48-47-29-11-13-34-51(47)54-52(48)50)39-22-14-21-38(35-39)42-30-15-20-37-19-4-5-23-40(37)42/h1-35H. The van der Waals surface area contributed by atoms with Crippen LogP contribution in [0.5, 0.6) is 0 Å². The zero-order valence-electron chi connectivity index (χ0n) is 29.6. The van der Waals surface area contributed by atoms with Gasteiger partial charge in [-0.25, -0.2) is 0 Å². The molecule has 0 aliphatic heterocycles. The number of hydrogen-bond acceptors (Lipinski definition) is 2. The zero-order valence-corrected chi connectivity index (χ0v) is 30.4. The van der Waals surface area contributed by atoms with Crippen molar-refractivity contribution >= 4 is 59.3 Å². The molecule has 0 amide bonds. The van der Waals surface area contributed by atoms with Gasteiger partial charge in [0.25, 0.3) is 0 Å². The van der Waals surface area contributed by atoms with Crippen molar-refractivity contribution in [1.29, 1.82) is 0 Å². The SMILES string of the molecule is c1ccc(-c2ccccc2-c2ccccc2-c2ccccc2N(c2cccc(-c3cccc4ccccc34)c2)c2cccc3c2sc2ccccc23)cc1. The molecule has 0 aliphatic carbocycles. The van der Waals surface area contributed by atoms with Gasteiger partial charge in [0, 0.05) is 26.7 Å². The summed E-state index contributed by atoms with van der Waals surface area (Å²) in [6, 6.07) is 77.2. The first-order valence-electron chi connectivity index (χ1n) is 18.4. The molecule has 0 spiro atoms. The van der Waals surface area contributed by atoms with E-state index in [1.54, 1.807) is 0 Å². The normalized spacial score (nSPS) is 11.3. The van der Waals surface area contributed by atoms with E-state index in [1.165, 1.54) is 81.1 Å². The predicted octanol–water partition coefficient (Wildman–Crippen LogP) is 15.3. The summed E-state index contributed by atoms with van der Waals surface area (Å²) in [6.07, 6.45) is 0. The second-order valence-corrected chi connectivity index (χ2v) is 14.7. The second-order valence-electron chi connectivity index (χ2n) is 13.6. The third kappa shape index (κ3) is 5.56. The Kier molecular flexibility index (Phi) is 8.09. The Morgan fingerprint density at radius 1 is 0.315 bits per heavy atom. The molecule has 0 bridgehead atoms. The molecule has 9 aromatic carbocycles. The van der Waals surface area contributed by atoms with Crippen LogP contribution in [0.1, 0.15) is 0 Å². The Bertz CT molecular complexity index is 2950. The third-order valence-electron chi connectivity index (χ3n) is 10.5. The molecule has 0 aliphatic rings. The van der Waals surface area contributed by atoms with Gasteiger partial charge in [0.05, 0.1) is 16.1 Å². The van der Waals surface area contributed by atoms with Crippen LogP contribution < -0.4 is 4.90 Å². The van der Waals surface area contributed by atoms with Crippen LogP contribution >= 0.6 is 11.3 Å². The molecule has 2 heteroatoms. The largest absolute Gasteiger partial charge is 0.308 e. The molecule has 0 saturated heterocycles. The maximum absolute atomic E-state index is 2.49. The molecule has 0 saturated carbocycles. The highest BCUT2D eigenvalue weighted by atomic mass is 32.1. The van der Waals surface area contributed by atoms with Crippen LogP contribution in [0.15, 0.2) is 212 Å². The van der Waals surface area contributed by atoms with Gasteiger partial charge in [-0.1, -0.05) is 182 Å². The van der Waals surface area contributed by atoms with Gasteiger partial charge in [0.1, 0.15) is 0 Å². The number of rotatable bonds is 7. The molecule has 1 aromatic heterocycles. The molecular formula is C52H35NS. The van der Waals surface area contributed by atoms with Crippen molar-refractivity contribution in [2.75, 3.05) is 4.90 Å². The summed E-state index contributed by atoms with van der Waals surface area (Å²) >= 11 is 1.87. The molecule has 254 valence electrons. The molecule has 0 unspecified atom stereocenters. The van der Waals surface area contributed by atoms with Gasteiger partial charge in [0.15, 0.2) is 0 Å². The van der Waals surface area contributed by atoms with E-state index < -0.39 is 0 Å². The fourth-order valence-corrected chi connectivity index (χ4v) is 9.25. The lowest BCUT2D eigenvalue weighted by atomic mass is 9.88.